The lowest BCUT2D eigenvalue weighted by Gasteiger charge is -2.41. The van der Waals surface area contributed by atoms with Crippen molar-refractivity contribution in [1.82, 2.24) is 20.0 Å². The minimum Gasteiger partial charge on any atom is -0.338 e. The van der Waals surface area contributed by atoms with Crippen LogP contribution in [0.1, 0.15) is 77.5 Å². The molecule has 2 saturated heterocycles. The van der Waals surface area contributed by atoms with Crippen molar-refractivity contribution in [1.29, 1.82) is 0 Å². The first-order chi connectivity index (χ1) is 21.4. The number of amides is 2. The number of halogens is 2. The van der Waals surface area contributed by atoms with E-state index in [0.717, 1.165) is 47.8 Å². The van der Waals surface area contributed by atoms with Crippen molar-refractivity contribution in [2.45, 2.75) is 95.5 Å². The molecule has 45 heavy (non-hydrogen) atoms. The number of fused-ring (bicyclic) bond motifs is 1. The van der Waals surface area contributed by atoms with Gasteiger partial charge in [-0.05, 0) is 99.5 Å². The van der Waals surface area contributed by atoms with Crippen molar-refractivity contribution in [3.8, 4) is 0 Å². The molecule has 1 saturated carbocycles. The molecule has 10 heteroatoms. The van der Waals surface area contributed by atoms with Gasteiger partial charge in [-0.2, -0.15) is 0 Å². The number of likely N-dealkylation sites (tertiary alicyclic amines) is 1. The second kappa shape index (κ2) is 11.3. The summed E-state index contributed by atoms with van der Waals surface area (Å²) >= 11 is 14.1. The van der Waals surface area contributed by atoms with Gasteiger partial charge in [0.15, 0.2) is 5.17 Å². The van der Waals surface area contributed by atoms with E-state index in [4.69, 9.17) is 28.2 Å². The van der Waals surface area contributed by atoms with Crippen LogP contribution in [0.15, 0.2) is 64.1 Å². The molecule has 0 bridgehead atoms. The van der Waals surface area contributed by atoms with Gasteiger partial charge in [-0.25, -0.2) is 4.99 Å². The van der Waals surface area contributed by atoms with Crippen LogP contribution in [-0.4, -0.2) is 68.4 Å². The van der Waals surface area contributed by atoms with E-state index in [9.17, 15) is 9.59 Å². The Morgan fingerprint density at radius 1 is 1.00 bits per heavy atom. The third-order valence-corrected chi connectivity index (χ3v) is 11.8. The lowest BCUT2D eigenvalue weighted by atomic mass is 9.81. The Morgan fingerprint density at radius 3 is 2.27 bits per heavy atom. The lowest BCUT2D eigenvalue weighted by Crippen LogP contribution is -2.61. The van der Waals surface area contributed by atoms with Gasteiger partial charge in [-0.3, -0.25) is 9.59 Å². The van der Waals surface area contributed by atoms with E-state index < -0.39 is 11.6 Å². The number of benzene rings is 2. The summed E-state index contributed by atoms with van der Waals surface area (Å²) in [6, 6.07) is 15.4. The molecular formula is C35H41Cl2N5O2S. The molecule has 1 N–H and O–H groups in total. The highest BCUT2D eigenvalue weighted by Crippen LogP contribution is 2.56. The van der Waals surface area contributed by atoms with Gasteiger partial charge >= 0.3 is 0 Å². The molecule has 0 radical (unpaired) electrons. The largest absolute Gasteiger partial charge is 0.338 e. The number of nitrogens with one attached hydrogen (secondary N) is 1. The molecule has 0 aromatic heterocycles. The zero-order chi connectivity index (χ0) is 31.8. The Labute approximate surface area is 280 Å². The maximum atomic E-state index is 14.7. The number of carbonyl (C=O) groups excluding carboxylic acids is 2. The highest BCUT2D eigenvalue weighted by molar-refractivity contribution is 8.18. The van der Waals surface area contributed by atoms with E-state index in [-0.39, 0.29) is 41.4 Å². The topological polar surface area (TPSA) is 68.2 Å². The maximum Gasteiger partial charge on any atom is 0.263 e. The van der Waals surface area contributed by atoms with Crippen molar-refractivity contribution < 1.29 is 9.59 Å². The van der Waals surface area contributed by atoms with Crippen molar-refractivity contribution in [2.75, 3.05) is 13.1 Å². The predicted molar refractivity (Wildman–Crippen MR) is 182 cm³/mol. The Hall–Kier alpha value is -2.52. The van der Waals surface area contributed by atoms with E-state index in [0.29, 0.717) is 27.9 Å². The summed E-state index contributed by atoms with van der Waals surface area (Å²) < 4.78 is 0. The van der Waals surface area contributed by atoms with Gasteiger partial charge in [0.2, 0.25) is 5.91 Å². The molecule has 5 atom stereocenters. The smallest absolute Gasteiger partial charge is 0.263 e. The quantitative estimate of drug-likeness (QED) is 0.374. The molecule has 4 heterocycles. The normalized spacial score (nSPS) is 30.4. The highest BCUT2D eigenvalue weighted by atomic mass is 35.5. The maximum absolute atomic E-state index is 14.7. The summed E-state index contributed by atoms with van der Waals surface area (Å²) in [5.41, 5.74) is 2.50. The van der Waals surface area contributed by atoms with Gasteiger partial charge in [0.05, 0.1) is 6.04 Å². The van der Waals surface area contributed by atoms with Gasteiger partial charge in [-0.15, -0.1) is 0 Å². The van der Waals surface area contributed by atoms with Gasteiger partial charge in [0.1, 0.15) is 16.5 Å². The fourth-order valence-corrected chi connectivity index (χ4v) is 9.56. The molecule has 7 rings (SSSR count). The number of allylic oxidation sites excluding steroid dienone is 1. The average molecular weight is 667 g/mol. The van der Waals surface area contributed by atoms with Gasteiger partial charge < -0.3 is 20.0 Å². The second-order valence-electron chi connectivity index (χ2n) is 14.0. The molecule has 2 aromatic rings. The van der Waals surface area contributed by atoms with E-state index in [2.05, 4.69) is 57.0 Å². The standard InChI is InChI=1S/C35H41Cl2N5O2S/c1-20(2)28-29(32(44)41-22(4)6-15-27(41)31(43)40-18-21(3)38-35(19-40)16-17-35)45-33-39-34(5,24-9-13-26(37)14-10-24)30(42(28)33)23-7-11-25(36)12-8-23/h7-14,20-22,27,30,38H,6,15-19H2,1-5H3/t21-,22-,27-,30-,34+/m1/s1. The fourth-order valence-electron chi connectivity index (χ4n) is 7.96. The zero-order valence-electron chi connectivity index (χ0n) is 26.5. The third-order valence-electron chi connectivity index (χ3n) is 10.3. The molecular weight excluding hydrogens is 625 g/mol. The minimum absolute atomic E-state index is 0.0213. The Bertz CT molecular complexity index is 1590. The molecule has 2 aromatic carbocycles. The number of rotatable bonds is 5. The summed E-state index contributed by atoms with van der Waals surface area (Å²) in [7, 11) is 0. The minimum atomic E-state index is -0.632. The van der Waals surface area contributed by atoms with Crippen LogP contribution in [0.2, 0.25) is 10.0 Å². The van der Waals surface area contributed by atoms with Crippen LogP contribution in [0.3, 0.4) is 0 Å². The van der Waals surface area contributed by atoms with Crippen LogP contribution in [0, 0.1) is 5.92 Å². The first kappa shape index (κ1) is 31.1. The molecule has 1 aliphatic carbocycles. The number of hydrogen-bond acceptors (Lipinski definition) is 6. The summed E-state index contributed by atoms with van der Waals surface area (Å²) in [6.07, 6.45) is 3.72. The number of thioether (sulfide) groups is 1. The number of aliphatic imine (C=N–C) groups is 1. The number of hydrogen-bond donors (Lipinski definition) is 1. The van der Waals surface area contributed by atoms with Crippen LogP contribution in [0.25, 0.3) is 0 Å². The molecule has 5 aliphatic rings. The van der Waals surface area contributed by atoms with Crippen molar-refractivity contribution in [3.05, 3.63) is 80.3 Å². The monoisotopic (exact) mass is 665 g/mol. The average Bonchev–Trinajstić information content (AvgIpc) is 3.31. The fraction of sp³-hybridized carbons (Fsp3) is 0.514. The zero-order valence-corrected chi connectivity index (χ0v) is 28.8. The number of amidine groups is 1. The third kappa shape index (κ3) is 5.30. The van der Waals surface area contributed by atoms with Gasteiger partial charge in [0, 0.05) is 46.5 Å². The Morgan fingerprint density at radius 2 is 1.64 bits per heavy atom. The first-order valence-corrected chi connectivity index (χ1v) is 17.7. The van der Waals surface area contributed by atoms with Crippen molar-refractivity contribution >= 4 is 51.9 Å². The van der Waals surface area contributed by atoms with E-state index in [1.54, 1.807) is 0 Å². The molecule has 0 unspecified atom stereocenters. The molecule has 238 valence electrons. The van der Waals surface area contributed by atoms with E-state index >= 15 is 0 Å². The molecule has 7 nitrogen and oxygen atoms in total. The van der Waals surface area contributed by atoms with E-state index in [1.807, 2.05) is 46.2 Å². The predicted octanol–water partition coefficient (Wildman–Crippen LogP) is 6.97. The summed E-state index contributed by atoms with van der Waals surface area (Å²) in [5.74, 6) is 0.0769. The summed E-state index contributed by atoms with van der Waals surface area (Å²) in [6.45, 7) is 12.1. The van der Waals surface area contributed by atoms with Crippen LogP contribution in [0.5, 0.6) is 0 Å². The molecule has 4 aliphatic heterocycles. The summed E-state index contributed by atoms with van der Waals surface area (Å²) in [5, 5.41) is 5.84. The molecule has 3 fully saturated rings. The first-order valence-electron chi connectivity index (χ1n) is 16.1. The summed E-state index contributed by atoms with van der Waals surface area (Å²) in [4.78, 5) is 41.0. The molecule has 2 amide bonds. The van der Waals surface area contributed by atoms with Crippen LogP contribution in [0.4, 0.5) is 0 Å². The Kier molecular flexibility index (Phi) is 7.82. The van der Waals surface area contributed by atoms with Crippen molar-refractivity contribution in [3.63, 3.8) is 0 Å². The van der Waals surface area contributed by atoms with Crippen LogP contribution in [-0.2, 0) is 15.1 Å². The number of nitrogens with zero attached hydrogens (tertiary/aromatic N) is 4. The van der Waals surface area contributed by atoms with Crippen LogP contribution < -0.4 is 5.32 Å². The van der Waals surface area contributed by atoms with Crippen molar-refractivity contribution in [2.24, 2.45) is 10.9 Å². The van der Waals surface area contributed by atoms with Crippen LogP contribution >= 0.6 is 35.0 Å². The number of piperazine rings is 1. The number of carbonyl (C=O) groups is 2. The second-order valence-corrected chi connectivity index (χ2v) is 15.9. The van der Waals surface area contributed by atoms with Gasteiger partial charge in [-0.1, -0.05) is 61.3 Å². The highest BCUT2D eigenvalue weighted by Gasteiger charge is 2.55. The van der Waals surface area contributed by atoms with E-state index in [1.165, 1.54) is 11.8 Å². The molecule has 1 spiro atoms. The lowest BCUT2D eigenvalue weighted by molar-refractivity contribution is -0.144. The van der Waals surface area contributed by atoms with Gasteiger partial charge in [0.25, 0.3) is 5.91 Å². The Balaban J connectivity index is 1.25. The SMILES string of the molecule is CC(C)C1=C(C(=O)N2[C@H](C)CC[C@@H]2C(=O)N2C[C@@H](C)NC3(CC3)C2)SC2=N[C@@](C)(c3ccc(Cl)cc3)[C@@H](c3ccc(Cl)cc3)N21.